The average Bonchev–Trinajstić information content (AvgIpc) is 3.64. The predicted octanol–water partition coefficient (Wildman–Crippen LogP) is 4.02. The van der Waals surface area contributed by atoms with E-state index in [-0.39, 0.29) is 17.9 Å². The lowest BCUT2D eigenvalue weighted by Crippen LogP contribution is -2.51. The highest BCUT2D eigenvalue weighted by Crippen LogP contribution is 2.33. The third-order valence-corrected chi connectivity index (χ3v) is 6.32. The molecular formula is C25H20N6O3. The zero-order valence-corrected chi connectivity index (χ0v) is 18.2. The SMILES string of the molecule is N#Cc1ncn(C(=O)N2CCN(C(c3ccc4occc4c3)c3ccc4occc4c3)CC2)n1. The van der Waals surface area contributed by atoms with E-state index < -0.39 is 0 Å². The molecule has 0 unspecified atom stereocenters. The molecule has 9 heteroatoms. The maximum atomic E-state index is 12.8. The molecule has 1 amide bonds. The smallest absolute Gasteiger partial charge is 0.346 e. The van der Waals surface area contributed by atoms with Crippen LogP contribution in [0.2, 0.25) is 0 Å². The van der Waals surface area contributed by atoms with Crippen molar-refractivity contribution in [1.29, 1.82) is 5.26 Å². The van der Waals surface area contributed by atoms with Crippen LogP contribution in [0.15, 0.2) is 76.2 Å². The Hall–Kier alpha value is -4.42. The van der Waals surface area contributed by atoms with Crippen molar-refractivity contribution in [3.8, 4) is 6.07 Å². The van der Waals surface area contributed by atoms with Gasteiger partial charge in [0.05, 0.1) is 18.6 Å². The molecule has 34 heavy (non-hydrogen) atoms. The Labute approximate surface area is 194 Å². The van der Waals surface area contributed by atoms with Crippen LogP contribution in [0.4, 0.5) is 4.79 Å². The number of carbonyl (C=O) groups excluding carboxylic acids is 1. The number of furan rings is 2. The summed E-state index contributed by atoms with van der Waals surface area (Å²) in [6.07, 6.45) is 4.69. The third kappa shape index (κ3) is 3.50. The second-order valence-electron chi connectivity index (χ2n) is 8.27. The summed E-state index contributed by atoms with van der Waals surface area (Å²) in [5, 5.41) is 15.0. The Bertz CT molecular complexity index is 1460. The summed E-state index contributed by atoms with van der Waals surface area (Å²) in [6.45, 7) is 2.45. The number of rotatable bonds is 3. The third-order valence-electron chi connectivity index (χ3n) is 6.32. The molecule has 1 aliphatic heterocycles. The molecule has 0 radical (unpaired) electrons. The fourth-order valence-electron chi connectivity index (χ4n) is 4.65. The number of carbonyl (C=O) groups is 1. The monoisotopic (exact) mass is 452 g/mol. The van der Waals surface area contributed by atoms with Crippen LogP contribution in [0.1, 0.15) is 23.0 Å². The van der Waals surface area contributed by atoms with Crippen LogP contribution in [0.5, 0.6) is 0 Å². The van der Waals surface area contributed by atoms with Gasteiger partial charge in [0.1, 0.15) is 23.6 Å². The normalized spacial score (nSPS) is 14.8. The zero-order chi connectivity index (χ0) is 23.1. The Balaban J connectivity index is 1.30. The van der Waals surface area contributed by atoms with Gasteiger partial charge in [-0.05, 0) is 47.5 Å². The predicted molar refractivity (Wildman–Crippen MR) is 123 cm³/mol. The molecule has 2 aromatic carbocycles. The standard InChI is InChI=1S/C25H20N6O3/c26-15-23-27-16-31(28-23)25(32)30-9-7-29(8-10-30)24(19-1-3-21-17(13-19)5-11-33-21)20-2-4-22-18(14-20)6-12-34-22/h1-6,11-14,16,24H,7-10H2. The summed E-state index contributed by atoms with van der Waals surface area (Å²) in [6, 6.07) is 18.1. The van der Waals surface area contributed by atoms with Crippen LogP contribution >= 0.6 is 0 Å². The van der Waals surface area contributed by atoms with Crippen LogP contribution < -0.4 is 0 Å². The van der Waals surface area contributed by atoms with Crippen LogP contribution in [0, 0.1) is 11.3 Å². The highest BCUT2D eigenvalue weighted by molar-refractivity contribution is 5.80. The minimum atomic E-state index is -0.273. The number of amides is 1. The first-order chi connectivity index (χ1) is 16.7. The van der Waals surface area contributed by atoms with Crippen LogP contribution in [0.3, 0.4) is 0 Å². The van der Waals surface area contributed by atoms with Gasteiger partial charge in [0.15, 0.2) is 0 Å². The molecule has 0 saturated carbocycles. The van der Waals surface area contributed by atoms with Crippen molar-refractivity contribution in [1.82, 2.24) is 24.6 Å². The molecule has 6 rings (SSSR count). The van der Waals surface area contributed by atoms with Gasteiger partial charge >= 0.3 is 6.03 Å². The molecule has 9 nitrogen and oxygen atoms in total. The largest absolute Gasteiger partial charge is 0.464 e. The summed E-state index contributed by atoms with van der Waals surface area (Å²) >= 11 is 0. The molecule has 4 heterocycles. The lowest BCUT2D eigenvalue weighted by Gasteiger charge is -2.39. The number of aromatic nitrogens is 3. The number of benzene rings is 2. The molecule has 1 fully saturated rings. The molecular weight excluding hydrogens is 432 g/mol. The van der Waals surface area contributed by atoms with Crippen molar-refractivity contribution >= 4 is 28.0 Å². The van der Waals surface area contributed by atoms with Gasteiger partial charge in [0.2, 0.25) is 0 Å². The van der Waals surface area contributed by atoms with Gasteiger partial charge in [-0.3, -0.25) is 4.90 Å². The summed E-state index contributed by atoms with van der Waals surface area (Å²) < 4.78 is 12.2. The maximum Gasteiger partial charge on any atom is 0.346 e. The Kier molecular flexibility index (Phi) is 4.86. The van der Waals surface area contributed by atoms with E-state index >= 15 is 0 Å². The quantitative estimate of drug-likeness (QED) is 0.407. The average molecular weight is 452 g/mol. The molecule has 168 valence electrons. The molecule has 0 N–H and O–H groups in total. The van der Waals surface area contributed by atoms with E-state index in [0.717, 1.165) is 37.7 Å². The van der Waals surface area contributed by atoms with Crippen molar-refractivity contribution < 1.29 is 13.6 Å². The fraction of sp³-hybridized carbons (Fsp3) is 0.200. The Morgan fingerprint density at radius 1 is 0.912 bits per heavy atom. The summed E-state index contributed by atoms with van der Waals surface area (Å²) in [4.78, 5) is 20.8. The van der Waals surface area contributed by atoms with Gasteiger partial charge < -0.3 is 13.7 Å². The van der Waals surface area contributed by atoms with Gasteiger partial charge in [-0.2, -0.15) is 9.94 Å². The van der Waals surface area contributed by atoms with Crippen molar-refractivity contribution in [3.63, 3.8) is 0 Å². The second-order valence-corrected chi connectivity index (χ2v) is 8.27. The van der Waals surface area contributed by atoms with Crippen molar-refractivity contribution in [2.45, 2.75) is 6.04 Å². The van der Waals surface area contributed by atoms with Gasteiger partial charge in [0.25, 0.3) is 5.82 Å². The van der Waals surface area contributed by atoms with E-state index in [1.54, 1.807) is 17.4 Å². The first-order valence-corrected chi connectivity index (χ1v) is 11.0. The zero-order valence-electron chi connectivity index (χ0n) is 18.2. The van der Waals surface area contributed by atoms with E-state index in [9.17, 15) is 4.79 Å². The van der Waals surface area contributed by atoms with Crippen molar-refractivity contribution in [2.24, 2.45) is 0 Å². The number of piperazine rings is 1. The van der Waals surface area contributed by atoms with E-state index in [4.69, 9.17) is 14.1 Å². The highest BCUT2D eigenvalue weighted by atomic mass is 16.3. The second kappa shape index (κ2) is 8.17. The fourth-order valence-corrected chi connectivity index (χ4v) is 4.65. The molecule has 0 atom stereocenters. The summed E-state index contributed by atoms with van der Waals surface area (Å²) in [5.41, 5.74) is 4.03. The minimum Gasteiger partial charge on any atom is -0.464 e. The first-order valence-electron chi connectivity index (χ1n) is 11.0. The summed E-state index contributed by atoms with van der Waals surface area (Å²) in [7, 11) is 0. The lowest BCUT2D eigenvalue weighted by molar-refractivity contribution is 0.119. The van der Waals surface area contributed by atoms with Gasteiger partial charge in [-0.15, -0.1) is 5.10 Å². The molecule has 0 spiro atoms. The summed E-state index contributed by atoms with van der Waals surface area (Å²) in [5.74, 6) is -0.0173. The lowest BCUT2D eigenvalue weighted by atomic mass is 9.94. The highest BCUT2D eigenvalue weighted by Gasteiger charge is 2.29. The van der Waals surface area contributed by atoms with Gasteiger partial charge in [-0.25, -0.2) is 9.78 Å². The molecule has 1 aliphatic rings. The Morgan fingerprint density at radius 3 is 2.09 bits per heavy atom. The molecule has 0 aliphatic carbocycles. The molecule has 0 bridgehead atoms. The number of nitrogens with zero attached hydrogens (tertiary/aromatic N) is 6. The molecule has 5 aromatic rings. The Morgan fingerprint density at radius 2 is 1.53 bits per heavy atom. The number of hydrogen-bond donors (Lipinski definition) is 0. The van der Waals surface area contributed by atoms with Crippen LogP contribution in [-0.4, -0.2) is 56.8 Å². The topological polar surface area (TPSA) is 104 Å². The van der Waals surface area contributed by atoms with Crippen molar-refractivity contribution in [2.75, 3.05) is 26.2 Å². The van der Waals surface area contributed by atoms with Gasteiger partial charge in [0, 0.05) is 37.0 Å². The first kappa shape index (κ1) is 20.2. The minimum absolute atomic E-state index is 0.00686. The van der Waals surface area contributed by atoms with E-state index in [2.05, 4.69) is 39.2 Å². The van der Waals surface area contributed by atoms with Crippen LogP contribution in [0.25, 0.3) is 21.9 Å². The van der Waals surface area contributed by atoms with E-state index in [0.29, 0.717) is 26.2 Å². The van der Waals surface area contributed by atoms with E-state index in [1.165, 1.54) is 6.33 Å². The molecule has 3 aromatic heterocycles. The number of nitriles is 1. The van der Waals surface area contributed by atoms with Crippen LogP contribution in [-0.2, 0) is 0 Å². The molecule has 1 saturated heterocycles. The number of hydrogen-bond acceptors (Lipinski definition) is 7. The number of fused-ring (bicyclic) bond motifs is 2. The maximum absolute atomic E-state index is 12.8. The van der Waals surface area contributed by atoms with E-state index in [1.807, 2.05) is 30.3 Å². The van der Waals surface area contributed by atoms with Crippen molar-refractivity contribution in [3.05, 3.63) is 84.3 Å². The van der Waals surface area contributed by atoms with Gasteiger partial charge in [-0.1, -0.05) is 12.1 Å².